The van der Waals surface area contributed by atoms with Crippen molar-refractivity contribution in [3.05, 3.63) is 0 Å². The molecule has 19 heavy (non-hydrogen) atoms. The summed E-state index contributed by atoms with van der Waals surface area (Å²) >= 11 is 0. The van der Waals surface area contributed by atoms with Gasteiger partial charge in [-0.15, -0.1) is 0 Å². The molecule has 0 amide bonds. The van der Waals surface area contributed by atoms with E-state index in [1.807, 2.05) is 20.8 Å². The van der Waals surface area contributed by atoms with Gasteiger partial charge in [0.2, 0.25) is 0 Å². The van der Waals surface area contributed by atoms with Crippen LogP contribution in [0.4, 0.5) is 0 Å². The van der Waals surface area contributed by atoms with E-state index in [1.54, 1.807) is 7.05 Å². The molecule has 2 atom stereocenters. The van der Waals surface area contributed by atoms with Crippen LogP contribution in [0, 0.1) is 0 Å². The summed E-state index contributed by atoms with van der Waals surface area (Å²) in [6.45, 7) is 9.01. The Kier molecular flexibility index (Phi) is 6.68. The predicted molar refractivity (Wildman–Crippen MR) is 76.3 cm³/mol. The van der Waals surface area contributed by atoms with E-state index in [9.17, 15) is 8.42 Å². The molecule has 2 unspecified atom stereocenters. The number of hydrogen-bond donors (Lipinski definition) is 1. The van der Waals surface area contributed by atoms with E-state index in [0.29, 0.717) is 19.6 Å². The van der Waals surface area contributed by atoms with Gasteiger partial charge in [0.15, 0.2) is 0 Å². The Morgan fingerprint density at radius 3 is 2.42 bits per heavy atom. The van der Waals surface area contributed by atoms with Crippen LogP contribution in [0.25, 0.3) is 0 Å². The van der Waals surface area contributed by atoms with Gasteiger partial charge in [-0.2, -0.15) is 17.0 Å². The van der Waals surface area contributed by atoms with Crippen molar-refractivity contribution in [2.75, 3.05) is 39.8 Å². The number of nitrogens with zero attached hydrogens (tertiary/aromatic N) is 2. The third-order valence-corrected chi connectivity index (χ3v) is 5.10. The van der Waals surface area contributed by atoms with Gasteiger partial charge in [-0.25, -0.2) is 0 Å². The van der Waals surface area contributed by atoms with Crippen molar-refractivity contribution in [2.45, 2.75) is 39.4 Å². The Balaban J connectivity index is 2.53. The molecule has 0 aromatic carbocycles. The van der Waals surface area contributed by atoms with Crippen LogP contribution in [0.1, 0.15) is 27.2 Å². The van der Waals surface area contributed by atoms with Crippen LogP contribution in [0.5, 0.6) is 0 Å². The second kappa shape index (κ2) is 7.54. The lowest BCUT2D eigenvalue weighted by atomic mass is 10.3. The second-order valence-corrected chi connectivity index (χ2v) is 7.15. The molecule has 0 radical (unpaired) electrons. The molecule has 0 saturated carbocycles. The standard InChI is InChI=1S/C12H27N3O3S/c1-5-13-7-6-8-14(4)19(16,17)15-9-11(2)18-12(3)10-15/h11-13H,5-10H2,1-4H3. The minimum absolute atomic E-state index is 0.0475. The lowest BCUT2D eigenvalue weighted by molar-refractivity contribution is -0.0453. The molecule has 7 heteroatoms. The highest BCUT2D eigenvalue weighted by Crippen LogP contribution is 2.16. The molecular weight excluding hydrogens is 266 g/mol. The first-order valence-corrected chi connectivity index (χ1v) is 8.35. The maximum Gasteiger partial charge on any atom is 0.281 e. The number of hydrogen-bond acceptors (Lipinski definition) is 4. The van der Waals surface area contributed by atoms with Crippen LogP contribution in [-0.2, 0) is 14.9 Å². The predicted octanol–water partition coefficient (Wildman–Crippen LogP) is 0.272. The zero-order valence-corrected chi connectivity index (χ0v) is 13.2. The molecular formula is C12H27N3O3S. The van der Waals surface area contributed by atoms with Crippen LogP contribution in [0.3, 0.4) is 0 Å². The Morgan fingerprint density at radius 2 is 1.89 bits per heavy atom. The Morgan fingerprint density at radius 1 is 1.32 bits per heavy atom. The Hall–Kier alpha value is -0.210. The van der Waals surface area contributed by atoms with Crippen molar-refractivity contribution in [3.8, 4) is 0 Å². The van der Waals surface area contributed by atoms with Gasteiger partial charge in [0.25, 0.3) is 10.2 Å². The van der Waals surface area contributed by atoms with Crippen molar-refractivity contribution < 1.29 is 13.2 Å². The van der Waals surface area contributed by atoms with E-state index in [1.165, 1.54) is 8.61 Å². The molecule has 1 N–H and O–H groups in total. The smallest absolute Gasteiger partial charge is 0.281 e. The van der Waals surface area contributed by atoms with Crippen molar-refractivity contribution in [2.24, 2.45) is 0 Å². The normalized spacial score (nSPS) is 25.9. The number of ether oxygens (including phenoxy) is 1. The van der Waals surface area contributed by atoms with Crippen LogP contribution in [0.2, 0.25) is 0 Å². The fraction of sp³-hybridized carbons (Fsp3) is 1.00. The van der Waals surface area contributed by atoms with E-state index in [2.05, 4.69) is 5.32 Å². The molecule has 1 aliphatic heterocycles. The first-order valence-electron chi connectivity index (χ1n) is 6.95. The van der Waals surface area contributed by atoms with Crippen LogP contribution >= 0.6 is 0 Å². The maximum absolute atomic E-state index is 12.4. The molecule has 1 rings (SSSR count). The SMILES string of the molecule is CCNCCCN(C)S(=O)(=O)N1CC(C)OC(C)C1. The van der Waals surface area contributed by atoms with E-state index in [0.717, 1.165) is 19.5 Å². The van der Waals surface area contributed by atoms with Crippen LogP contribution < -0.4 is 5.32 Å². The number of morpholine rings is 1. The van der Waals surface area contributed by atoms with Gasteiger partial charge in [0, 0.05) is 26.7 Å². The molecule has 0 aromatic rings. The topological polar surface area (TPSA) is 61.9 Å². The molecule has 114 valence electrons. The van der Waals surface area contributed by atoms with E-state index >= 15 is 0 Å². The van der Waals surface area contributed by atoms with Gasteiger partial charge in [-0.3, -0.25) is 0 Å². The third-order valence-electron chi connectivity index (χ3n) is 3.18. The van der Waals surface area contributed by atoms with Crippen LogP contribution in [0.15, 0.2) is 0 Å². The first-order chi connectivity index (χ1) is 8.87. The highest BCUT2D eigenvalue weighted by molar-refractivity contribution is 7.86. The second-order valence-electron chi connectivity index (χ2n) is 5.11. The molecule has 0 spiro atoms. The van der Waals surface area contributed by atoms with E-state index < -0.39 is 10.2 Å². The van der Waals surface area contributed by atoms with Gasteiger partial charge in [-0.1, -0.05) is 6.92 Å². The molecule has 1 saturated heterocycles. The maximum atomic E-state index is 12.4. The van der Waals surface area contributed by atoms with Crippen LogP contribution in [-0.4, -0.2) is 69.0 Å². The van der Waals surface area contributed by atoms with Crippen molar-refractivity contribution in [1.29, 1.82) is 0 Å². The molecule has 1 heterocycles. The quantitative estimate of drug-likeness (QED) is 0.685. The minimum Gasteiger partial charge on any atom is -0.373 e. The lowest BCUT2D eigenvalue weighted by Gasteiger charge is -2.36. The molecule has 1 fully saturated rings. The average Bonchev–Trinajstić information content (AvgIpc) is 2.33. The zero-order chi connectivity index (χ0) is 14.5. The molecule has 6 nitrogen and oxygen atoms in total. The minimum atomic E-state index is -3.36. The van der Waals surface area contributed by atoms with Gasteiger partial charge < -0.3 is 10.1 Å². The Labute approximate surface area is 117 Å². The Bertz CT molecular complexity index is 351. The summed E-state index contributed by atoms with van der Waals surface area (Å²) < 4.78 is 33.4. The summed E-state index contributed by atoms with van der Waals surface area (Å²) in [6, 6.07) is 0. The third kappa shape index (κ3) is 5.00. The van der Waals surface area contributed by atoms with Crippen molar-refractivity contribution in [3.63, 3.8) is 0 Å². The van der Waals surface area contributed by atoms with E-state index in [4.69, 9.17) is 4.74 Å². The van der Waals surface area contributed by atoms with Gasteiger partial charge in [0.05, 0.1) is 12.2 Å². The fourth-order valence-electron chi connectivity index (χ4n) is 2.24. The van der Waals surface area contributed by atoms with Gasteiger partial charge in [-0.05, 0) is 33.4 Å². The molecule has 0 aliphatic carbocycles. The molecule has 1 aliphatic rings. The van der Waals surface area contributed by atoms with Gasteiger partial charge in [0.1, 0.15) is 0 Å². The highest BCUT2D eigenvalue weighted by atomic mass is 32.2. The van der Waals surface area contributed by atoms with E-state index in [-0.39, 0.29) is 12.2 Å². The van der Waals surface area contributed by atoms with Gasteiger partial charge >= 0.3 is 0 Å². The lowest BCUT2D eigenvalue weighted by Crippen LogP contribution is -2.52. The monoisotopic (exact) mass is 293 g/mol. The molecule has 0 bridgehead atoms. The number of nitrogens with one attached hydrogen (secondary N) is 1. The number of rotatable bonds is 7. The fourth-order valence-corrected chi connectivity index (χ4v) is 3.79. The van der Waals surface area contributed by atoms with Crippen molar-refractivity contribution in [1.82, 2.24) is 13.9 Å². The average molecular weight is 293 g/mol. The molecule has 0 aromatic heterocycles. The summed E-state index contributed by atoms with van der Waals surface area (Å²) in [4.78, 5) is 0. The summed E-state index contributed by atoms with van der Waals surface area (Å²) in [5, 5.41) is 3.19. The summed E-state index contributed by atoms with van der Waals surface area (Å²) in [5.41, 5.74) is 0. The highest BCUT2D eigenvalue weighted by Gasteiger charge is 2.33. The largest absolute Gasteiger partial charge is 0.373 e. The summed E-state index contributed by atoms with van der Waals surface area (Å²) in [6.07, 6.45) is 0.723. The first kappa shape index (κ1) is 16.8. The zero-order valence-electron chi connectivity index (χ0n) is 12.4. The summed E-state index contributed by atoms with van der Waals surface area (Å²) in [7, 11) is -1.71. The summed E-state index contributed by atoms with van der Waals surface area (Å²) in [5.74, 6) is 0. The van der Waals surface area contributed by atoms with Crippen molar-refractivity contribution >= 4 is 10.2 Å².